The summed E-state index contributed by atoms with van der Waals surface area (Å²) >= 11 is 0. The molecule has 0 saturated heterocycles. The molecule has 0 aliphatic heterocycles. The summed E-state index contributed by atoms with van der Waals surface area (Å²) in [5.74, 6) is -1.15. The maximum absolute atomic E-state index is 11.4. The van der Waals surface area contributed by atoms with Gasteiger partial charge in [0.25, 0.3) is 0 Å². The van der Waals surface area contributed by atoms with E-state index < -0.39 is 23.7 Å². The third kappa shape index (κ3) is 8.50. The van der Waals surface area contributed by atoms with Gasteiger partial charge in [-0.15, -0.1) is 0 Å². The Morgan fingerprint density at radius 2 is 1.94 bits per heavy atom. The predicted octanol–water partition coefficient (Wildman–Crippen LogP) is 1.39. The van der Waals surface area contributed by atoms with Crippen molar-refractivity contribution in [1.29, 1.82) is 0 Å². The molecule has 6 heteroatoms. The summed E-state index contributed by atoms with van der Waals surface area (Å²) in [5, 5.41) is 11.1. The van der Waals surface area contributed by atoms with Gasteiger partial charge < -0.3 is 19.9 Å². The zero-order valence-electron chi connectivity index (χ0n) is 10.8. The van der Waals surface area contributed by atoms with Crippen molar-refractivity contribution in [3.63, 3.8) is 0 Å². The van der Waals surface area contributed by atoms with Crippen LogP contribution < -0.4 is 5.32 Å². The SMILES string of the molecule is CCCOC[C@@H](NC(=O)OC(C)(C)C)C(=O)O. The molecule has 0 aliphatic rings. The maximum Gasteiger partial charge on any atom is 0.408 e. The predicted molar refractivity (Wildman–Crippen MR) is 61.9 cm³/mol. The van der Waals surface area contributed by atoms with Gasteiger partial charge in [-0.1, -0.05) is 6.92 Å². The van der Waals surface area contributed by atoms with Gasteiger partial charge in [-0.3, -0.25) is 0 Å². The van der Waals surface area contributed by atoms with Crippen molar-refractivity contribution in [1.82, 2.24) is 5.32 Å². The van der Waals surface area contributed by atoms with E-state index in [4.69, 9.17) is 14.6 Å². The van der Waals surface area contributed by atoms with Crippen LogP contribution in [0.1, 0.15) is 34.1 Å². The quantitative estimate of drug-likeness (QED) is 0.693. The van der Waals surface area contributed by atoms with Crippen molar-refractivity contribution < 1.29 is 24.2 Å². The van der Waals surface area contributed by atoms with Crippen LogP contribution in [0.25, 0.3) is 0 Å². The lowest BCUT2D eigenvalue weighted by molar-refractivity contribution is -0.141. The number of carbonyl (C=O) groups is 2. The Bertz CT molecular complexity index is 259. The molecule has 1 atom stereocenters. The van der Waals surface area contributed by atoms with E-state index in [9.17, 15) is 9.59 Å². The summed E-state index contributed by atoms with van der Waals surface area (Å²) in [5.41, 5.74) is -0.655. The van der Waals surface area contributed by atoms with Gasteiger partial charge in [0.2, 0.25) is 0 Å². The van der Waals surface area contributed by atoms with Crippen LogP contribution in [0.2, 0.25) is 0 Å². The Morgan fingerprint density at radius 3 is 2.35 bits per heavy atom. The fourth-order valence-corrected chi connectivity index (χ4v) is 0.970. The van der Waals surface area contributed by atoms with E-state index in [1.54, 1.807) is 20.8 Å². The van der Waals surface area contributed by atoms with E-state index in [1.165, 1.54) is 0 Å². The van der Waals surface area contributed by atoms with Gasteiger partial charge in [0.15, 0.2) is 6.04 Å². The van der Waals surface area contributed by atoms with Crippen molar-refractivity contribution in [2.75, 3.05) is 13.2 Å². The molecule has 2 N–H and O–H groups in total. The molecule has 0 saturated carbocycles. The molecule has 0 rings (SSSR count). The van der Waals surface area contributed by atoms with E-state index in [-0.39, 0.29) is 6.61 Å². The first kappa shape index (κ1) is 15.7. The van der Waals surface area contributed by atoms with E-state index in [0.717, 1.165) is 6.42 Å². The molecule has 6 nitrogen and oxygen atoms in total. The van der Waals surface area contributed by atoms with Crippen molar-refractivity contribution in [2.45, 2.75) is 45.8 Å². The zero-order valence-corrected chi connectivity index (χ0v) is 10.8. The summed E-state index contributed by atoms with van der Waals surface area (Å²) < 4.78 is 10.0. The normalized spacial score (nSPS) is 12.9. The second-order valence-corrected chi connectivity index (χ2v) is 4.61. The molecule has 1 amide bonds. The number of ether oxygens (including phenoxy) is 2. The molecule has 100 valence electrons. The number of carboxylic acids is 1. The number of carbonyl (C=O) groups excluding carboxylic acids is 1. The van der Waals surface area contributed by atoms with Gasteiger partial charge in [-0.25, -0.2) is 9.59 Å². The molecule has 0 spiro atoms. The zero-order chi connectivity index (χ0) is 13.5. The molecule has 0 aromatic heterocycles. The highest BCUT2D eigenvalue weighted by Gasteiger charge is 2.23. The van der Waals surface area contributed by atoms with Crippen LogP contribution in [0, 0.1) is 0 Å². The fraction of sp³-hybridized carbons (Fsp3) is 0.818. The summed E-state index contributed by atoms with van der Waals surface area (Å²) in [4.78, 5) is 22.2. The summed E-state index contributed by atoms with van der Waals surface area (Å²) in [6, 6.07) is -1.09. The van der Waals surface area contributed by atoms with Gasteiger partial charge in [-0.2, -0.15) is 0 Å². The first-order valence-corrected chi connectivity index (χ1v) is 5.56. The Morgan fingerprint density at radius 1 is 1.35 bits per heavy atom. The third-order valence-corrected chi connectivity index (χ3v) is 1.62. The van der Waals surface area contributed by atoms with Crippen molar-refractivity contribution >= 4 is 12.1 Å². The van der Waals surface area contributed by atoms with E-state index in [0.29, 0.717) is 6.61 Å². The molecule has 0 aromatic carbocycles. The number of hydrogen-bond acceptors (Lipinski definition) is 4. The largest absolute Gasteiger partial charge is 0.480 e. The second kappa shape index (κ2) is 7.11. The Hall–Kier alpha value is -1.30. The highest BCUT2D eigenvalue weighted by Crippen LogP contribution is 2.06. The van der Waals surface area contributed by atoms with Crippen LogP contribution in [0.4, 0.5) is 4.79 Å². The minimum atomic E-state index is -1.15. The van der Waals surface area contributed by atoms with Gasteiger partial charge >= 0.3 is 12.1 Å². The molecule has 0 aliphatic carbocycles. The molecule has 0 fully saturated rings. The van der Waals surface area contributed by atoms with Crippen LogP contribution in [-0.2, 0) is 14.3 Å². The van der Waals surface area contributed by atoms with E-state index in [2.05, 4.69) is 5.32 Å². The number of alkyl carbamates (subject to hydrolysis) is 1. The molecular weight excluding hydrogens is 226 g/mol. The minimum absolute atomic E-state index is 0.0670. The molecule has 0 unspecified atom stereocenters. The first-order chi connectivity index (χ1) is 7.76. The van der Waals surface area contributed by atoms with Crippen LogP contribution in [0.5, 0.6) is 0 Å². The van der Waals surface area contributed by atoms with Crippen molar-refractivity contribution in [3.05, 3.63) is 0 Å². The van der Waals surface area contributed by atoms with Gasteiger partial charge in [0, 0.05) is 6.61 Å². The highest BCUT2D eigenvalue weighted by molar-refractivity contribution is 5.80. The number of aliphatic carboxylic acids is 1. The van der Waals surface area contributed by atoms with E-state index in [1.807, 2.05) is 6.92 Å². The highest BCUT2D eigenvalue weighted by atomic mass is 16.6. The lowest BCUT2D eigenvalue weighted by Crippen LogP contribution is -2.46. The molecular formula is C11H21NO5. The molecule has 0 heterocycles. The van der Waals surface area contributed by atoms with Crippen LogP contribution in [-0.4, -0.2) is 42.0 Å². The van der Waals surface area contributed by atoms with E-state index >= 15 is 0 Å². The number of carboxylic acid groups (broad SMARTS) is 1. The standard InChI is InChI=1S/C11H21NO5/c1-5-6-16-7-8(9(13)14)12-10(15)17-11(2,3)4/h8H,5-7H2,1-4H3,(H,12,15)(H,13,14)/t8-/m1/s1. The summed E-state index contributed by atoms with van der Waals surface area (Å²) in [6.45, 7) is 7.42. The topological polar surface area (TPSA) is 84.9 Å². The number of amides is 1. The maximum atomic E-state index is 11.4. The Labute approximate surface area is 101 Å². The summed E-state index contributed by atoms with van der Waals surface area (Å²) in [7, 11) is 0. The Balaban J connectivity index is 4.16. The summed E-state index contributed by atoms with van der Waals surface area (Å²) in [6.07, 6.45) is 0.0312. The van der Waals surface area contributed by atoms with Crippen LogP contribution >= 0.6 is 0 Å². The first-order valence-electron chi connectivity index (χ1n) is 5.56. The smallest absolute Gasteiger partial charge is 0.408 e. The second-order valence-electron chi connectivity index (χ2n) is 4.61. The van der Waals surface area contributed by atoms with Gasteiger partial charge in [-0.05, 0) is 27.2 Å². The van der Waals surface area contributed by atoms with Gasteiger partial charge in [0.05, 0.1) is 6.61 Å². The van der Waals surface area contributed by atoms with Crippen LogP contribution in [0.15, 0.2) is 0 Å². The molecule has 0 aromatic rings. The van der Waals surface area contributed by atoms with Crippen molar-refractivity contribution in [3.8, 4) is 0 Å². The van der Waals surface area contributed by atoms with Crippen LogP contribution in [0.3, 0.4) is 0 Å². The monoisotopic (exact) mass is 247 g/mol. The number of rotatable bonds is 6. The lowest BCUT2D eigenvalue weighted by Gasteiger charge is -2.21. The number of nitrogens with one attached hydrogen (secondary N) is 1. The molecule has 17 heavy (non-hydrogen) atoms. The molecule has 0 radical (unpaired) electrons. The molecule has 0 bridgehead atoms. The van der Waals surface area contributed by atoms with Gasteiger partial charge in [0.1, 0.15) is 5.60 Å². The Kier molecular flexibility index (Phi) is 6.57. The lowest BCUT2D eigenvalue weighted by atomic mass is 10.2. The number of hydrogen-bond donors (Lipinski definition) is 2. The minimum Gasteiger partial charge on any atom is -0.480 e. The van der Waals surface area contributed by atoms with Crippen molar-refractivity contribution in [2.24, 2.45) is 0 Å². The average Bonchev–Trinajstić information content (AvgIpc) is 2.13. The third-order valence-electron chi connectivity index (χ3n) is 1.62. The fourth-order valence-electron chi connectivity index (χ4n) is 0.970. The average molecular weight is 247 g/mol.